The molecule has 1 fully saturated rings. The summed E-state index contributed by atoms with van der Waals surface area (Å²) in [5, 5.41) is 4.44. The van der Waals surface area contributed by atoms with Crippen LogP contribution in [0.3, 0.4) is 0 Å². The van der Waals surface area contributed by atoms with E-state index in [1.54, 1.807) is 0 Å². The molecular weight excluding hydrogens is 316 g/mol. The summed E-state index contributed by atoms with van der Waals surface area (Å²) in [6.45, 7) is 5.49. The highest BCUT2D eigenvalue weighted by atomic mass is 79.9. The summed E-state index contributed by atoms with van der Waals surface area (Å²) < 4.78 is 1.05. The standard InChI is InChI=1S/C15H19BrN4/c1-2-20-7-3-4-13(20)10-18-15-17-9-11-8-12(16)5-6-14(11)19-15/h5-6,8-9,13H,2-4,7,10H2,1H3,(H,17,18,19). The molecule has 1 unspecified atom stereocenters. The maximum Gasteiger partial charge on any atom is 0.223 e. The minimum Gasteiger partial charge on any atom is -0.353 e. The summed E-state index contributed by atoms with van der Waals surface area (Å²) in [6.07, 6.45) is 4.44. The van der Waals surface area contributed by atoms with E-state index in [1.807, 2.05) is 24.4 Å². The van der Waals surface area contributed by atoms with Crippen molar-refractivity contribution in [1.29, 1.82) is 0 Å². The van der Waals surface area contributed by atoms with E-state index in [9.17, 15) is 0 Å². The second-order valence-electron chi connectivity index (χ2n) is 5.20. The molecule has 1 saturated heterocycles. The lowest BCUT2D eigenvalue weighted by Gasteiger charge is -2.22. The second kappa shape index (κ2) is 6.06. The van der Waals surface area contributed by atoms with Gasteiger partial charge < -0.3 is 5.32 Å². The molecule has 0 spiro atoms. The van der Waals surface area contributed by atoms with Crippen molar-refractivity contribution in [2.45, 2.75) is 25.8 Å². The molecule has 0 amide bonds. The van der Waals surface area contributed by atoms with E-state index in [0.717, 1.165) is 34.4 Å². The Morgan fingerprint density at radius 1 is 1.45 bits per heavy atom. The molecule has 0 aliphatic carbocycles. The molecule has 1 aromatic heterocycles. The molecule has 1 aliphatic rings. The SMILES string of the molecule is CCN1CCCC1CNc1ncc2cc(Br)ccc2n1. The molecule has 20 heavy (non-hydrogen) atoms. The fourth-order valence-corrected chi connectivity index (χ4v) is 3.22. The summed E-state index contributed by atoms with van der Waals surface area (Å²) >= 11 is 3.46. The average molecular weight is 335 g/mol. The van der Waals surface area contributed by atoms with E-state index in [4.69, 9.17) is 0 Å². The summed E-state index contributed by atoms with van der Waals surface area (Å²) in [7, 11) is 0. The van der Waals surface area contributed by atoms with Gasteiger partial charge >= 0.3 is 0 Å². The molecule has 2 heterocycles. The molecule has 0 saturated carbocycles. The Morgan fingerprint density at radius 3 is 3.20 bits per heavy atom. The number of likely N-dealkylation sites (tertiary alicyclic amines) is 1. The number of halogens is 1. The number of anilines is 1. The smallest absolute Gasteiger partial charge is 0.223 e. The van der Waals surface area contributed by atoms with Crippen molar-refractivity contribution >= 4 is 32.8 Å². The predicted octanol–water partition coefficient (Wildman–Crippen LogP) is 3.29. The lowest BCUT2D eigenvalue weighted by Crippen LogP contribution is -2.34. The first kappa shape index (κ1) is 13.8. The molecule has 3 rings (SSSR count). The summed E-state index contributed by atoms with van der Waals surface area (Å²) in [4.78, 5) is 11.5. The van der Waals surface area contributed by atoms with Gasteiger partial charge in [-0.15, -0.1) is 0 Å². The summed E-state index contributed by atoms with van der Waals surface area (Å²) in [6, 6.07) is 6.67. The molecule has 5 heteroatoms. The van der Waals surface area contributed by atoms with Crippen LogP contribution in [-0.4, -0.2) is 40.5 Å². The Balaban J connectivity index is 1.70. The Hall–Kier alpha value is -1.20. The molecule has 0 radical (unpaired) electrons. The third-order valence-electron chi connectivity index (χ3n) is 3.94. The van der Waals surface area contributed by atoms with Gasteiger partial charge in [0.05, 0.1) is 5.52 Å². The van der Waals surface area contributed by atoms with Gasteiger partial charge in [-0.2, -0.15) is 0 Å². The first-order chi connectivity index (χ1) is 9.76. The van der Waals surface area contributed by atoms with Crippen LogP contribution in [0.5, 0.6) is 0 Å². The largest absolute Gasteiger partial charge is 0.353 e. The predicted molar refractivity (Wildman–Crippen MR) is 86.0 cm³/mol. The van der Waals surface area contributed by atoms with Crippen molar-refractivity contribution in [2.24, 2.45) is 0 Å². The van der Waals surface area contributed by atoms with Crippen LogP contribution >= 0.6 is 15.9 Å². The zero-order valence-corrected chi connectivity index (χ0v) is 13.2. The van der Waals surface area contributed by atoms with Crippen molar-refractivity contribution in [3.63, 3.8) is 0 Å². The first-order valence-corrected chi connectivity index (χ1v) is 7.96. The normalized spacial score (nSPS) is 19.6. The number of aromatic nitrogens is 2. The van der Waals surface area contributed by atoms with Crippen LogP contribution in [-0.2, 0) is 0 Å². The van der Waals surface area contributed by atoms with Crippen LogP contribution in [0.2, 0.25) is 0 Å². The van der Waals surface area contributed by atoms with Gasteiger partial charge in [0.1, 0.15) is 0 Å². The zero-order valence-electron chi connectivity index (χ0n) is 11.6. The summed E-state index contributed by atoms with van der Waals surface area (Å²) in [5.74, 6) is 0.725. The molecule has 106 valence electrons. The Labute approximate surface area is 127 Å². The third kappa shape index (κ3) is 2.94. The van der Waals surface area contributed by atoms with Crippen molar-refractivity contribution in [2.75, 3.05) is 25.0 Å². The van der Waals surface area contributed by atoms with Gasteiger partial charge in [0.25, 0.3) is 0 Å². The first-order valence-electron chi connectivity index (χ1n) is 7.16. The fourth-order valence-electron chi connectivity index (χ4n) is 2.84. The van der Waals surface area contributed by atoms with Crippen LogP contribution < -0.4 is 5.32 Å². The maximum absolute atomic E-state index is 4.57. The zero-order chi connectivity index (χ0) is 13.9. The van der Waals surface area contributed by atoms with Gasteiger partial charge in [0, 0.05) is 28.6 Å². The fraction of sp³-hybridized carbons (Fsp3) is 0.467. The van der Waals surface area contributed by atoms with Gasteiger partial charge in [-0.25, -0.2) is 9.97 Å². The molecule has 1 N–H and O–H groups in total. The van der Waals surface area contributed by atoms with Crippen LogP contribution in [0.1, 0.15) is 19.8 Å². The molecule has 1 aromatic carbocycles. The van der Waals surface area contributed by atoms with E-state index in [1.165, 1.54) is 19.4 Å². The number of rotatable bonds is 4. The number of hydrogen-bond donors (Lipinski definition) is 1. The highest BCUT2D eigenvalue weighted by Gasteiger charge is 2.22. The van der Waals surface area contributed by atoms with Gasteiger partial charge in [-0.3, -0.25) is 4.90 Å². The lowest BCUT2D eigenvalue weighted by atomic mass is 10.2. The lowest BCUT2D eigenvalue weighted by molar-refractivity contribution is 0.277. The van der Waals surface area contributed by atoms with Crippen LogP contribution in [0.15, 0.2) is 28.9 Å². The van der Waals surface area contributed by atoms with Gasteiger partial charge in [0.2, 0.25) is 5.95 Å². The van der Waals surface area contributed by atoms with Crippen molar-refractivity contribution in [1.82, 2.24) is 14.9 Å². The minimum absolute atomic E-state index is 0.615. The maximum atomic E-state index is 4.57. The second-order valence-corrected chi connectivity index (χ2v) is 6.12. The van der Waals surface area contributed by atoms with Crippen molar-refractivity contribution in [3.05, 3.63) is 28.9 Å². The van der Waals surface area contributed by atoms with E-state index < -0.39 is 0 Å². The van der Waals surface area contributed by atoms with Crippen molar-refractivity contribution < 1.29 is 0 Å². The average Bonchev–Trinajstić information content (AvgIpc) is 2.92. The third-order valence-corrected chi connectivity index (χ3v) is 4.44. The highest BCUT2D eigenvalue weighted by Crippen LogP contribution is 2.19. The molecule has 4 nitrogen and oxygen atoms in total. The number of likely N-dealkylation sites (N-methyl/N-ethyl adjacent to an activating group) is 1. The minimum atomic E-state index is 0.615. The monoisotopic (exact) mass is 334 g/mol. The van der Waals surface area contributed by atoms with E-state index in [2.05, 4.69) is 43.0 Å². The number of nitrogens with one attached hydrogen (secondary N) is 1. The van der Waals surface area contributed by atoms with Crippen molar-refractivity contribution in [3.8, 4) is 0 Å². The van der Waals surface area contributed by atoms with Gasteiger partial charge in [-0.1, -0.05) is 22.9 Å². The number of fused-ring (bicyclic) bond motifs is 1. The summed E-state index contributed by atoms with van der Waals surface area (Å²) in [5.41, 5.74) is 0.976. The number of benzene rings is 1. The molecule has 1 atom stereocenters. The molecule has 2 aromatic rings. The van der Waals surface area contributed by atoms with Gasteiger partial charge in [-0.05, 0) is 44.1 Å². The Morgan fingerprint density at radius 2 is 2.35 bits per heavy atom. The van der Waals surface area contributed by atoms with Crippen LogP contribution in [0, 0.1) is 0 Å². The van der Waals surface area contributed by atoms with Gasteiger partial charge in [0.15, 0.2) is 0 Å². The number of nitrogens with zero attached hydrogens (tertiary/aromatic N) is 3. The van der Waals surface area contributed by atoms with Crippen LogP contribution in [0.25, 0.3) is 10.9 Å². The number of hydrogen-bond acceptors (Lipinski definition) is 4. The topological polar surface area (TPSA) is 41.0 Å². The van der Waals surface area contributed by atoms with Crippen LogP contribution in [0.4, 0.5) is 5.95 Å². The molecule has 1 aliphatic heterocycles. The molecule has 0 bridgehead atoms. The highest BCUT2D eigenvalue weighted by molar-refractivity contribution is 9.10. The van der Waals surface area contributed by atoms with E-state index >= 15 is 0 Å². The Bertz CT molecular complexity index is 601. The Kier molecular flexibility index (Phi) is 4.17. The van der Waals surface area contributed by atoms with E-state index in [-0.39, 0.29) is 0 Å². The van der Waals surface area contributed by atoms with E-state index in [0.29, 0.717) is 6.04 Å². The quantitative estimate of drug-likeness (QED) is 0.931. The molecular formula is C15H19BrN4.